The first kappa shape index (κ1) is 16.3. The summed E-state index contributed by atoms with van der Waals surface area (Å²) in [7, 11) is 1.60. The first-order valence-electron chi connectivity index (χ1n) is 7.22. The highest BCUT2D eigenvalue weighted by Gasteiger charge is 2.47. The quantitative estimate of drug-likeness (QED) is 0.820. The Morgan fingerprint density at radius 2 is 2.14 bits per heavy atom. The van der Waals surface area contributed by atoms with Crippen LogP contribution in [0.4, 0.5) is 13.2 Å². The minimum atomic E-state index is -4.18. The van der Waals surface area contributed by atoms with Crippen LogP contribution in [0.1, 0.15) is 43.1 Å². The van der Waals surface area contributed by atoms with Crippen LogP contribution in [-0.4, -0.2) is 31.4 Å². The Hall–Kier alpha value is -1.08. The zero-order chi connectivity index (χ0) is 15.3. The number of aromatic nitrogens is 1. The standard InChI is InChI=1S/C14H21F3N2O2/c1-20-7-6-18-8-12-13(21-9-19-12)10-4-2-3-5-11(10)14(15,16)17/h9-11,18H,2-8H2,1H3. The van der Waals surface area contributed by atoms with Gasteiger partial charge in [0.25, 0.3) is 0 Å². The number of nitrogens with one attached hydrogen (secondary N) is 1. The molecule has 2 unspecified atom stereocenters. The molecular weight excluding hydrogens is 285 g/mol. The van der Waals surface area contributed by atoms with Crippen molar-refractivity contribution < 1.29 is 22.3 Å². The lowest BCUT2D eigenvalue weighted by molar-refractivity contribution is -0.188. The lowest BCUT2D eigenvalue weighted by Crippen LogP contribution is -2.32. The number of rotatable bonds is 6. The molecule has 2 atom stereocenters. The number of methoxy groups -OCH3 is 1. The molecule has 0 saturated heterocycles. The molecule has 4 nitrogen and oxygen atoms in total. The van der Waals surface area contributed by atoms with Crippen LogP contribution in [0.25, 0.3) is 0 Å². The summed E-state index contributed by atoms with van der Waals surface area (Å²) in [4.78, 5) is 4.07. The van der Waals surface area contributed by atoms with Crippen molar-refractivity contribution in [2.45, 2.75) is 44.3 Å². The molecule has 1 saturated carbocycles. The number of hydrogen-bond donors (Lipinski definition) is 1. The van der Waals surface area contributed by atoms with Gasteiger partial charge in [0, 0.05) is 26.1 Å². The fourth-order valence-electron chi connectivity index (χ4n) is 2.93. The molecule has 1 fully saturated rings. The summed E-state index contributed by atoms with van der Waals surface area (Å²) in [5.41, 5.74) is 0.576. The molecule has 1 N–H and O–H groups in total. The van der Waals surface area contributed by atoms with Gasteiger partial charge in [-0.2, -0.15) is 13.2 Å². The molecule has 2 rings (SSSR count). The van der Waals surface area contributed by atoms with E-state index in [2.05, 4.69) is 10.3 Å². The lowest BCUT2D eigenvalue weighted by atomic mass is 9.77. The topological polar surface area (TPSA) is 47.3 Å². The van der Waals surface area contributed by atoms with Gasteiger partial charge in [0.2, 0.25) is 0 Å². The van der Waals surface area contributed by atoms with E-state index in [0.29, 0.717) is 44.0 Å². The van der Waals surface area contributed by atoms with Crippen molar-refractivity contribution >= 4 is 0 Å². The Kier molecular flexibility index (Phi) is 5.64. The summed E-state index contributed by atoms with van der Waals surface area (Å²) in [6, 6.07) is 0. The highest BCUT2D eigenvalue weighted by atomic mass is 19.4. The number of hydrogen-bond acceptors (Lipinski definition) is 4. The molecule has 0 spiro atoms. The Morgan fingerprint density at radius 3 is 2.86 bits per heavy atom. The van der Waals surface area contributed by atoms with E-state index < -0.39 is 18.0 Å². The number of ether oxygens (including phenoxy) is 1. The summed E-state index contributed by atoms with van der Waals surface area (Å²) in [5.74, 6) is -1.54. The predicted molar refractivity (Wildman–Crippen MR) is 70.8 cm³/mol. The van der Waals surface area contributed by atoms with Crippen LogP contribution < -0.4 is 5.32 Å². The summed E-state index contributed by atoms with van der Waals surface area (Å²) in [6.07, 6.45) is -0.843. The number of halogens is 3. The van der Waals surface area contributed by atoms with Crippen molar-refractivity contribution in [2.75, 3.05) is 20.3 Å². The molecule has 1 aromatic heterocycles. The molecule has 120 valence electrons. The summed E-state index contributed by atoms with van der Waals surface area (Å²) in [5, 5.41) is 3.09. The zero-order valence-electron chi connectivity index (χ0n) is 12.1. The van der Waals surface area contributed by atoms with Gasteiger partial charge in [-0.25, -0.2) is 4.98 Å². The predicted octanol–water partition coefficient (Wildman–Crippen LogP) is 3.25. The smallest absolute Gasteiger partial charge is 0.392 e. The van der Waals surface area contributed by atoms with Crippen molar-refractivity contribution in [1.82, 2.24) is 10.3 Å². The van der Waals surface area contributed by atoms with E-state index in [1.54, 1.807) is 7.11 Å². The number of oxazole rings is 1. The normalized spacial score (nSPS) is 23.4. The van der Waals surface area contributed by atoms with E-state index in [9.17, 15) is 13.2 Å². The molecule has 0 aromatic carbocycles. The fraction of sp³-hybridized carbons (Fsp3) is 0.786. The summed E-state index contributed by atoms with van der Waals surface area (Å²) >= 11 is 0. The van der Waals surface area contributed by atoms with Crippen LogP contribution in [0.2, 0.25) is 0 Å². The third-order valence-electron chi connectivity index (χ3n) is 3.97. The zero-order valence-corrected chi connectivity index (χ0v) is 12.1. The second kappa shape index (κ2) is 7.26. The highest BCUT2D eigenvalue weighted by Crippen LogP contribution is 2.47. The molecule has 21 heavy (non-hydrogen) atoms. The van der Waals surface area contributed by atoms with Crippen LogP contribution in [0.15, 0.2) is 10.8 Å². The van der Waals surface area contributed by atoms with Crippen molar-refractivity contribution in [3.8, 4) is 0 Å². The van der Waals surface area contributed by atoms with Crippen molar-refractivity contribution in [3.05, 3.63) is 17.8 Å². The molecule has 7 heteroatoms. The first-order valence-corrected chi connectivity index (χ1v) is 7.22. The summed E-state index contributed by atoms with van der Waals surface area (Å²) in [6.45, 7) is 1.56. The van der Waals surface area contributed by atoms with Crippen molar-refractivity contribution in [3.63, 3.8) is 0 Å². The lowest BCUT2D eigenvalue weighted by Gasteiger charge is -2.32. The van der Waals surface area contributed by atoms with E-state index in [1.807, 2.05) is 0 Å². The van der Waals surface area contributed by atoms with Gasteiger partial charge in [-0.15, -0.1) is 0 Å². The first-order chi connectivity index (χ1) is 10.0. The van der Waals surface area contributed by atoms with E-state index in [-0.39, 0.29) is 6.42 Å². The second-order valence-corrected chi connectivity index (χ2v) is 5.37. The molecule has 0 radical (unpaired) electrons. The summed E-state index contributed by atoms with van der Waals surface area (Å²) < 4.78 is 49.7. The minimum absolute atomic E-state index is 0.172. The maximum absolute atomic E-state index is 13.2. The third kappa shape index (κ3) is 4.20. The SMILES string of the molecule is COCCNCc1ncoc1C1CCCCC1C(F)(F)F. The van der Waals surface area contributed by atoms with Gasteiger partial charge in [-0.3, -0.25) is 0 Å². The Balaban J connectivity index is 2.07. The van der Waals surface area contributed by atoms with E-state index in [0.717, 1.165) is 6.42 Å². The molecule has 0 bridgehead atoms. The molecule has 1 heterocycles. The number of alkyl halides is 3. The number of nitrogens with zero attached hydrogens (tertiary/aromatic N) is 1. The molecule has 1 aromatic rings. The van der Waals surface area contributed by atoms with Gasteiger partial charge in [-0.05, 0) is 12.8 Å². The largest absolute Gasteiger partial charge is 0.448 e. The minimum Gasteiger partial charge on any atom is -0.448 e. The fourth-order valence-corrected chi connectivity index (χ4v) is 2.93. The van der Waals surface area contributed by atoms with Crippen molar-refractivity contribution in [2.24, 2.45) is 5.92 Å². The van der Waals surface area contributed by atoms with Crippen LogP contribution >= 0.6 is 0 Å². The molecule has 1 aliphatic rings. The second-order valence-electron chi connectivity index (χ2n) is 5.37. The Bertz CT molecular complexity index is 434. The van der Waals surface area contributed by atoms with Gasteiger partial charge in [-0.1, -0.05) is 12.8 Å². The Labute approximate surface area is 122 Å². The van der Waals surface area contributed by atoms with Crippen LogP contribution in [0, 0.1) is 5.92 Å². The maximum atomic E-state index is 13.2. The van der Waals surface area contributed by atoms with Gasteiger partial charge in [0.05, 0.1) is 18.2 Å². The van der Waals surface area contributed by atoms with E-state index >= 15 is 0 Å². The monoisotopic (exact) mass is 306 g/mol. The van der Waals surface area contributed by atoms with Gasteiger partial charge < -0.3 is 14.5 Å². The van der Waals surface area contributed by atoms with Crippen LogP contribution in [0.3, 0.4) is 0 Å². The highest BCUT2D eigenvalue weighted by molar-refractivity contribution is 5.15. The van der Waals surface area contributed by atoms with E-state index in [4.69, 9.17) is 9.15 Å². The average Bonchev–Trinajstić information content (AvgIpc) is 2.91. The maximum Gasteiger partial charge on any atom is 0.392 e. The molecule has 0 aliphatic heterocycles. The van der Waals surface area contributed by atoms with Crippen molar-refractivity contribution in [1.29, 1.82) is 0 Å². The Morgan fingerprint density at radius 1 is 1.38 bits per heavy atom. The molecular formula is C14H21F3N2O2. The molecule has 1 aliphatic carbocycles. The third-order valence-corrected chi connectivity index (χ3v) is 3.97. The average molecular weight is 306 g/mol. The van der Waals surface area contributed by atoms with Crippen LogP contribution in [0.5, 0.6) is 0 Å². The molecule has 0 amide bonds. The van der Waals surface area contributed by atoms with Gasteiger partial charge in [0.1, 0.15) is 5.76 Å². The van der Waals surface area contributed by atoms with E-state index in [1.165, 1.54) is 6.39 Å². The van der Waals surface area contributed by atoms with Gasteiger partial charge in [0.15, 0.2) is 6.39 Å². The van der Waals surface area contributed by atoms with Crippen LogP contribution in [-0.2, 0) is 11.3 Å². The van der Waals surface area contributed by atoms with Gasteiger partial charge >= 0.3 is 6.18 Å².